The van der Waals surface area contributed by atoms with E-state index in [1.165, 1.54) is 48.7 Å². The molecule has 6 nitrogen and oxygen atoms in total. The fourth-order valence-corrected chi connectivity index (χ4v) is 4.17. The maximum Gasteiger partial charge on any atom is 0.348 e. The number of carbonyl (C=O) groups is 1. The number of carbonyl (C=O) groups excluding carboxylic acids is 1. The van der Waals surface area contributed by atoms with Crippen LogP contribution < -0.4 is 9.50 Å². The summed E-state index contributed by atoms with van der Waals surface area (Å²) in [4.78, 5) is 11.8. The molecule has 0 radical (unpaired) electrons. The van der Waals surface area contributed by atoms with Gasteiger partial charge in [0.25, 0.3) is 5.91 Å². The number of hydrogen-bond acceptors (Lipinski definition) is 6. The highest BCUT2D eigenvalue weighted by Crippen LogP contribution is 2.28. The van der Waals surface area contributed by atoms with Crippen molar-refractivity contribution in [2.24, 2.45) is 0 Å². The fraction of sp³-hybridized carbons (Fsp3) is 0. The number of furan rings is 1. The molecule has 0 aliphatic rings. The number of anilines is 1. The highest BCUT2D eigenvalue weighted by atomic mass is 35.5. The van der Waals surface area contributed by atoms with E-state index in [0.29, 0.717) is 10.0 Å². The standard InChI is InChI=1S/C15H10ClNO5S2/c16-13-7-8-14(23-13)24(19,20)22-11-5-3-10(4-6-11)17-15(18)12-2-1-9-21-12/h1-9H,(H,17,18). The number of hydrogen-bond donors (Lipinski definition) is 1. The molecular formula is C15H10ClNO5S2. The van der Waals surface area contributed by atoms with E-state index in [0.717, 1.165) is 11.3 Å². The van der Waals surface area contributed by atoms with Gasteiger partial charge in [-0.05, 0) is 48.5 Å². The Hall–Kier alpha value is -2.29. The number of benzene rings is 1. The molecule has 24 heavy (non-hydrogen) atoms. The largest absolute Gasteiger partial charge is 0.459 e. The molecule has 0 aliphatic carbocycles. The number of halogens is 1. The van der Waals surface area contributed by atoms with Crippen molar-refractivity contribution in [2.45, 2.75) is 4.21 Å². The van der Waals surface area contributed by atoms with Crippen molar-refractivity contribution < 1.29 is 21.8 Å². The van der Waals surface area contributed by atoms with Crippen LogP contribution in [0.5, 0.6) is 5.75 Å². The zero-order chi connectivity index (χ0) is 17.2. The van der Waals surface area contributed by atoms with Gasteiger partial charge in [-0.25, -0.2) is 0 Å². The minimum atomic E-state index is -3.93. The zero-order valence-corrected chi connectivity index (χ0v) is 14.3. The quantitative estimate of drug-likeness (QED) is 0.672. The van der Waals surface area contributed by atoms with Crippen LogP contribution in [0, 0.1) is 0 Å². The molecule has 9 heteroatoms. The Morgan fingerprint density at radius 1 is 1.12 bits per heavy atom. The van der Waals surface area contributed by atoms with Gasteiger partial charge in [-0.3, -0.25) is 4.79 Å². The Labute approximate surface area is 146 Å². The van der Waals surface area contributed by atoms with Crippen LogP contribution in [0.2, 0.25) is 4.34 Å². The third-order valence-electron chi connectivity index (χ3n) is 2.86. The molecule has 0 bridgehead atoms. The molecule has 0 fully saturated rings. The monoisotopic (exact) mass is 383 g/mol. The maximum absolute atomic E-state index is 12.1. The van der Waals surface area contributed by atoms with Crippen LogP contribution in [0.15, 0.2) is 63.4 Å². The topological polar surface area (TPSA) is 85.6 Å². The van der Waals surface area contributed by atoms with Gasteiger partial charge in [0.15, 0.2) is 9.97 Å². The summed E-state index contributed by atoms with van der Waals surface area (Å²) in [6, 6.07) is 11.9. The van der Waals surface area contributed by atoms with Crippen molar-refractivity contribution in [2.75, 3.05) is 5.32 Å². The number of thiophene rings is 1. The SMILES string of the molecule is O=C(Nc1ccc(OS(=O)(=O)c2ccc(Cl)s2)cc1)c1ccco1. The second-order valence-corrected chi connectivity index (χ2v) is 8.04. The van der Waals surface area contributed by atoms with E-state index in [9.17, 15) is 13.2 Å². The molecule has 3 rings (SSSR count). The summed E-state index contributed by atoms with van der Waals surface area (Å²) in [5.41, 5.74) is 0.473. The highest BCUT2D eigenvalue weighted by molar-refractivity contribution is 7.89. The van der Waals surface area contributed by atoms with Crippen LogP contribution in [-0.2, 0) is 10.1 Å². The molecule has 2 aromatic heterocycles. The summed E-state index contributed by atoms with van der Waals surface area (Å²) in [5.74, 6) is -0.113. The molecule has 0 saturated heterocycles. The van der Waals surface area contributed by atoms with Crippen LogP contribution in [-0.4, -0.2) is 14.3 Å². The van der Waals surface area contributed by atoms with E-state index in [2.05, 4.69) is 5.32 Å². The van der Waals surface area contributed by atoms with Crippen molar-refractivity contribution in [1.82, 2.24) is 0 Å². The third-order valence-corrected chi connectivity index (χ3v) is 5.79. The van der Waals surface area contributed by atoms with Crippen molar-refractivity contribution in [3.63, 3.8) is 0 Å². The van der Waals surface area contributed by atoms with Gasteiger partial charge >= 0.3 is 10.1 Å². The minimum absolute atomic E-state index is 0.0164. The van der Waals surface area contributed by atoms with Gasteiger partial charge in [-0.2, -0.15) is 8.42 Å². The van der Waals surface area contributed by atoms with Crippen LogP contribution >= 0.6 is 22.9 Å². The first kappa shape index (κ1) is 16.6. The summed E-state index contributed by atoms with van der Waals surface area (Å²) >= 11 is 6.64. The first-order valence-corrected chi connectivity index (χ1v) is 9.19. The Kier molecular flexibility index (Phi) is 4.61. The van der Waals surface area contributed by atoms with Gasteiger partial charge < -0.3 is 13.9 Å². The summed E-state index contributed by atoms with van der Waals surface area (Å²) in [6.45, 7) is 0. The molecule has 1 aromatic carbocycles. The molecular weight excluding hydrogens is 374 g/mol. The average molecular weight is 384 g/mol. The van der Waals surface area contributed by atoms with Gasteiger partial charge in [0.05, 0.1) is 10.6 Å². The zero-order valence-electron chi connectivity index (χ0n) is 11.9. The van der Waals surface area contributed by atoms with Gasteiger partial charge in [0.1, 0.15) is 5.75 Å². The van der Waals surface area contributed by atoms with Crippen molar-refractivity contribution in [1.29, 1.82) is 0 Å². The molecule has 1 N–H and O–H groups in total. The normalized spacial score (nSPS) is 11.2. The maximum atomic E-state index is 12.1. The summed E-state index contributed by atoms with van der Waals surface area (Å²) in [5, 5.41) is 2.62. The number of amides is 1. The second kappa shape index (κ2) is 6.68. The van der Waals surface area contributed by atoms with E-state index < -0.39 is 16.0 Å². The second-order valence-electron chi connectivity index (χ2n) is 4.55. The van der Waals surface area contributed by atoms with Crippen LogP contribution in [0.25, 0.3) is 0 Å². The first-order chi connectivity index (χ1) is 11.4. The van der Waals surface area contributed by atoms with E-state index in [1.807, 2.05) is 0 Å². The lowest BCUT2D eigenvalue weighted by Crippen LogP contribution is -2.11. The smallest absolute Gasteiger partial charge is 0.348 e. The predicted molar refractivity (Wildman–Crippen MR) is 90.2 cm³/mol. The molecule has 2 heterocycles. The molecule has 1 amide bonds. The minimum Gasteiger partial charge on any atom is -0.459 e. The van der Waals surface area contributed by atoms with Crippen LogP contribution in [0.1, 0.15) is 10.6 Å². The Bertz CT molecular complexity index is 946. The first-order valence-electron chi connectivity index (χ1n) is 6.59. The summed E-state index contributed by atoms with van der Waals surface area (Å²) in [7, 11) is -3.93. The molecule has 0 saturated carbocycles. The summed E-state index contributed by atoms with van der Waals surface area (Å²) < 4.78 is 34.5. The lowest BCUT2D eigenvalue weighted by atomic mass is 10.3. The predicted octanol–water partition coefficient (Wildman–Crippen LogP) is 4.01. The molecule has 3 aromatic rings. The van der Waals surface area contributed by atoms with Crippen molar-refractivity contribution in [3.05, 3.63) is 64.9 Å². The van der Waals surface area contributed by atoms with Crippen LogP contribution in [0.3, 0.4) is 0 Å². The Morgan fingerprint density at radius 2 is 1.88 bits per heavy atom. The van der Waals surface area contributed by atoms with E-state index in [1.54, 1.807) is 6.07 Å². The van der Waals surface area contributed by atoms with Gasteiger partial charge in [0, 0.05) is 5.69 Å². The van der Waals surface area contributed by atoms with Gasteiger partial charge in [-0.1, -0.05) is 11.6 Å². The van der Waals surface area contributed by atoms with Crippen molar-refractivity contribution in [3.8, 4) is 5.75 Å². The lowest BCUT2D eigenvalue weighted by Gasteiger charge is -2.07. The molecule has 0 atom stereocenters. The number of nitrogens with one attached hydrogen (secondary N) is 1. The van der Waals surface area contributed by atoms with Crippen LogP contribution in [0.4, 0.5) is 5.69 Å². The van der Waals surface area contributed by atoms with E-state index >= 15 is 0 Å². The average Bonchev–Trinajstić information content (AvgIpc) is 3.20. The van der Waals surface area contributed by atoms with Crippen molar-refractivity contribution >= 4 is 44.7 Å². The third kappa shape index (κ3) is 3.78. The molecule has 0 unspecified atom stereocenters. The molecule has 124 valence electrons. The lowest BCUT2D eigenvalue weighted by molar-refractivity contribution is 0.0996. The van der Waals surface area contributed by atoms with Gasteiger partial charge in [-0.15, -0.1) is 11.3 Å². The molecule has 0 aliphatic heterocycles. The number of rotatable bonds is 5. The fourth-order valence-electron chi connectivity index (χ4n) is 1.79. The molecule has 0 spiro atoms. The van der Waals surface area contributed by atoms with E-state index in [-0.39, 0.29) is 15.7 Å². The van der Waals surface area contributed by atoms with Gasteiger partial charge in [0.2, 0.25) is 0 Å². The summed E-state index contributed by atoms with van der Waals surface area (Å²) in [6.07, 6.45) is 1.40. The van der Waals surface area contributed by atoms with E-state index in [4.69, 9.17) is 20.2 Å². The Balaban J connectivity index is 1.69. The Morgan fingerprint density at radius 3 is 2.46 bits per heavy atom. The highest BCUT2D eigenvalue weighted by Gasteiger charge is 2.19.